The summed E-state index contributed by atoms with van der Waals surface area (Å²) in [4.78, 5) is 13.6. The number of rotatable bonds is 8. The molecule has 4 heteroatoms. The first-order chi connectivity index (χ1) is 9.17. The molecule has 0 unspecified atom stereocenters. The molecule has 1 aromatic rings. The van der Waals surface area contributed by atoms with Crippen LogP contribution in [0.2, 0.25) is 0 Å². The molecule has 0 radical (unpaired) electrons. The van der Waals surface area contributed by atoms with Crippen molar-refractivity contribution in [3.05, 3.63) is 61.0 Å². The van der Waals surface area contributed by atoms with E-state index in [2.05, 4.69) is 18.5 Å². The molecule has 1 rings (SSSR count). The number of hydrogen-bond donors (Lipinski definition) is 1. The van der Waals surface area contributed by atoms with E-state index < -0.39 is 0 Å². The van der Waals surface area contributed by atoms with E-state index in [-0.39, 0.29) is 24.8 Å². The highest BCUT2D eigenvalue weighted by Crippen LogP contribution is 2.05. The third kappa shape index (κ3) is 5.48. The first kappa shape index (κ1) is 15.1. The van der Waals surface area contributed by atoms with Crippen molar-refractivity contribution in [2.45, 2.75) is 6.54 Å². The number of benzene rings is 1. The van der Waals surface area contributed by atoms with Crippen LogP contribution in [-0.2, 0) is 11.3 Å². The molecule has 0 saturated carbocycles. The van der Waals surface area contributed by atoms with Crippen LogP contribution in [0.4, 0.5) is 4.39 Å². The van der Waals surface area contributed by atoms with E-state index in [9.17, 15) is 9.18 Å². The summed E-state index contributed by atoms with van der Waals surface area (Å²) < 4.78 is 13.4. The summed E-state index contributed by atoms with van der Waals surface area (Å²) in [5.74, 6) is -0.455. The van der Waals surface area contributed by atoms with Gasteiger partial charge in [-0.15, -0.1) is 13.2 Å². The molecule has 0 aromatic heterocycles. The highest BCUT2D eigenvalue weighted by molar-refractivity contribution is 5.78. The molecule has 0 aliphatic carbocycles. The van der Waals surface area contributed by atoms with Crippen molar-refractivity contribution in [2.75, 3.05) is 19.6 Å². The molecule has 1 aromatic carbocycles. The molecule has 0 fully saturated rings. The molecule has 1 amide bonds. The van der Waals surface area contributed by atoms with Crippen LogP contribution >= 0.6 is 0 Å². The molecule has 0 aliphatic rings. The molecular formula is C15H19FN2O. The van der Waals surface area contributed by atoms with Crippen molar-refractivity contribution in [2.24, 2.45) is 0 Å². The van der Waals surface area contributed by atoms with Gasteiger partial charge >= 0.3 is 0 Å². The van der Waals surface area contributed by atoms with Crippen molar-refractivity contribution < 1.29 is 9.18 Å². The summed E-state index contributed by atoms with van der Waals surface area (Å²) in [5.41, 5.74) is 0.481. The third-order valence-electron chi connectivity index (χ3n) is 2.58. The highest BCUT2D eigenvalue weighted by Gasteiger charge is 2.08. The predicted octanol–water partition coefficient (Wildman–Crippen LogP) is 2.12. The summed E-state index contributed by atoms with van der Waals surface area (Å²) in [5, 5.41) is 2.70. The number of carbonyl (C=O) groups is 1. The zero-order valence-electron chi connectivity index (χ0n) is 10.9. The molecule has 19 heavy (non-hydrogen) atoms. The number of halogens is 1. The lowest BCUT2D eigenvalue weighted by atomic mass is 10.2. The molecule has 0 atom stereocenters. The van der Waals surface area contributed by atoms with Gasteiger partial charge in [0.25, 0.3) is 0 Å². The average Bonchev–Trinajstić information content (AvgIpc) is 2.38. The molecule has 0 aliphatic heterocycles. The Morgan fingerprint density at radius 2 is 1.89 bits per heavy atom. The van der Waals surface area contributed by atoms with Gasteiger partial charge in [-0.25, -0.2) is 4.39 Å². The molecule has 3 nitrogen and oxygen atoms in total. The van der Waals surface area contributed by atoms with Gasteiger partial charge in [0.05, 0.1) is 6.54 Å². The van der Waals surface area contributed by atoms with Gasteiger partial charge in [0, 0.05) is 25.2 Å². The van der Waals surface area contributed by atoms with Crippen molar-refractivity contribution >= 4 is 5.91 Å². The second kappa shape index (κ2) is 8.21. The molecule has 102 valence electrons. The number of nitrogens with one attached hydrogen (secondary N) is 1. The summed E-state index contributed by atoms with van der Waals surface area (Å²) in [6, 6.07) is 6.40. The first-order valence-corrected chi connectivity index (χ1v) is 6.11. The number of amides is 1. The maximum atomic E-state index is 13.4. The van der Waals surface area contributed by atoms with Gasteiger partial charge in [0.1, 0.15) is 5.82 Å². The molecule has 0 spiro atoms. The lowest BCUT2D eigenvalue weighted by molar-refractivity contribution is -0.122. The van der Waals surface area contributed by atoms with Crippen LogP contribution in [0.15, 0.2) is 49.6 Å². The van der Waals surface area contributed by atoms with Crippen LogP contribution in [0.25, 0.3) is 0 Å². The SMILES string of the molecule is C=CCN(CC=C)CC(=O)NCc1ccccc1F. The van der Waals surface area contributed by atoms with Crippen molar-refractivity contribution in [3.8, 4) is 0 Å². The topological polar surface area (TPSA) is 32.3 Å². The second-order valence-electron chi connectivity index (χ2n) is 4.14. The maximum absolute atomic E-state index is 13.4. The summed E-state index contributed by atoms with van der Waals surface area (Å²) in [6.07, 6.45) is 3.46. The Morgan fingerprint density at radius 3 is 2.47 bits per heavy atom. The standard InChI is InChI=1S/C15H19FN2O/c1-3-9-18(10-4-2)12-15(19)17-11-13-7-5-6-8-14(13)16/h3-8H,1-2,9-12H2,(H,17,19). The molecule has 0 saturated heterocycles. The fraction of sp³-hybridized carbons (Fsp3) is 0.267. The molecular weight excluding hydrogens is 243 g/mol. The average molecular weight is 262 g/mol. The Bertz CT molecular complexity index is 436. The first-order valence-electron chi connectivity index (χ1n) is 6.11. The Kier molecular flexibility index (Phi) is 6.53. The van der Waals surface area contributed by atoms with Gasteiger partial charge in [-0.05, 0) is 6.07 Å². The van der Waals surface area contributed by atoms with E-state index in [1.54, 1.807) is 30.4 Å². The molecule has 1 N–H and O–H groups in total. The Hall–Kier alpha value is -1.94. The number of hydrogen-bond acceptors (Lipinski definition) is 2. The van der Waals surface area contributed by atoms with E-state index in [1.807, 2.05) is 4.90 Å². The zero-order chi connectivity index (χ0) is 14.1. The normalized spacial score (nSPS) is 10.2. The monoisotopic (exact) mass is 262 g/mol. The van der Waals surface area contributed by atoms with E-state index in [4.69, 9.17) is 0 Å². The minimum atomic E-state index is -0.308. The van der Waals surface area contributed by atoms with Crippen LogP contribution in [-0.4, -0.2) is 30.4 Å². The van der Waals surface area contributed by atoms with E-state index in [0.717, 1.165) is 0 Å². The minimum absolute atomic E-state index is 0.146. The lowest BCUT2D eigenvalue weighted by Crippen LogP contribution is -2.37. The van der Waals surface area contributed by atoms with Crippen LogP contribution in [0.3, 0.4) is 0 Å². The fourth-order valence-electron chi connectivity index (χ4n) is 1.66. The van der Waals surface area contributed by atoms with Crippen molar-refractivity contribution in [3.63, 3.8) is 0 Å². The largest absolute Gasteiger partial charge is 0.351 e. The molecule has 0 bridgehead atoms. The third-order valence-corrected chi connectivity index (χ3v) is 2.58. The Balaban J connectivity index is 2.44. The van der Waals surface area contributed by atoms with Crippen molar-refractivity contribution in [1.82, 2.24) is 10.2 Å². The van der Waals surface area contributed by atoms with Gasteiger partial charge in [0.15, 0.2) is 0 Å². The maximum Gasteiger partial charge on any atom is 0.234 e. The molecule has 0 heterocycles. The van der Waals surface area contributed by atoms with Gasteiger partial charge in [-0.2, -0.15) is 0 Å². The number of nitrogens with zero attached hydrogens (tertiary/aromatic N) is 1. The van der Waals surface area contributed by atoms with Crippen molar-refractivity contribution in [1.29, 1.82) is 0 Å². The highest BCUT2D eigenvalue weighted by atomic mass is 19.1. The Morgan fingerprint density at radius 1 is 1.26 bits per heavy atom. The summed E-state index contributed by atoms with van der Waals surface area (Å²) in [6.45, 7) is 8.93. The summed E-state index contributed by atoms with van der Waals surface area (Å²) in [7, 11) is 0. The van der Waals surface area contributed by atoms with E-state index >= 15 is 0 Å². The van der Waals surface area contributed by atoms with Gasteiger partial charge in [0.2, 0.25) is 5.91 Å². The fourth-order valence-corrected chi connectivity index (χ4v) is 1.66. The quantitative estimate of drug-likeness (QED) is 0.728. The van der Waals surface area contributed by atoms with E-state index in [0.29, 0.717) is 18.7 Å². The summed E-state index contributed by atoms with van der Waals surface area (Å²) >= 11 is 0. The second-order valence-corrected chi connectivity index (χ2v) is 4.14. The van der Waals surface area contributed by atoms with Gasteiger partial charge in [-0.3, -0.25) is 9.69 Å². The van der Waals surface area contributed by atoms with Gasteiger partial charge < -0.3 is 5.32 Å². The van der Waals surface area contributed by atoms with E-state index in [1.165, 1.54) is 6.07 Å². The minimum Gasteiger partial charge on any atom is -0.351 e. The van der Waals surface area contributed by atoms with Crippen LogP contribution in [0.5, 0.6) is 0 Å². The van der Waals surface area contributed by atoms with Crippen LogP contribution < -0.4 is 5.32 Å². The Labute approximate surface area is 113 Å². The van der Waals surface area contributed by atoms with Crippen LogP contribution in [0, 0.1) is 5.82 Å². The van der Waals surface area contributed by atoms with Crippen LogP contribution in [0.1, 0.15) is 5.56 Å². The predicted molar refractivity (Wildman–Crippen MR) is 75.1 cm³/mol. The zero-order valence-corrected chi connectivity index (χ0v) is 10.9. The van der Waals surface area contributed by atoms with Gasteiger partial charge in [-0.1, -0.05) is 30.4 Å². The lowest BCUT2D eigenvalue weighted by Gasteiger charge is -2.18. The smallest absolute Gasteiger partial charge is 0.234 e. The number of carbonyl (C=O) groups excluding carboxylic acids is 1.